The number of carbonyl (C=O) groups is 1. The number of rotatable bonds is 8. The number of nitrogen functional groups attached to an aromatic ring is 2. The van der Waals surface area contributed by atoms with E-state index in [9.17, 15) is 13.2 Å². The minimum Gasteiger partial charge on any atom is -0.382 e. The summed E-state index contributed by atoms with van der Waals surface area (Å²) < 4.78 is 25.9. The highest BCUT2D eigenvalue weighted by Crippen LogP contribution is 2.17. The molecule has 25 heavy (non-hydrogen) atoms. The molecule has 1 unspecified atom stereocenters. The first-order valence-corrected chi connectivity index (χ1v) is 9.81. The predicted molar refractivity (Wildman–Crippen MR) is 97.2 cm³/mol. The Hall–Kier alpha value is -1.69. The van der Waals surface area contributed by atoms with Crippen molar-refractivity contribution in [2.24, 2.45) is 0 Å². The third kappa shape index (κ3) is 6.27. The van der Waals surface area contributed by atoms with Gasteiger partial charge in [-0.25, -0.2) is 18.4 Å². The number of carbonyl (C=O) groups excluding carboxylic acids is 1. The fourth-order valence-electron chi connectivity index (χ4n) is 2.27. The zero-order valence-electron chi connectivity index (χ0n) is 14.7. The zero-order valence-corrected chi connectivity index (χ0v) is 16.3. The van der Waals surface area contributed by atoms with Crippen LogP contribution in [-0.4, -0.2) is 68.4 Å². The van der Waals surface area contributed by atoms with Crippen LogP contribution in [0.3, 0.4) is 0 Å². The molecular formula is C13H25ClN7O3S+. The summed E-state index contributed by atoms with van der Waals surface area (Å²) in [5.74, 6) is -0.694. The molecule has 1 rings (SSSR count). The summed E-state index contributed by atoms with van der Waals surface area (Å²) in [6.07, 6.45) is 1.40. The molecule has 10 nitrogen and oxygen atoms in total. The Kier molecular flexibility index (Phi) is 6.94. The summed E-state index contributed by atoms with van der Waals surface area (Å²) in [4.78, 5) is 19.8. The third-order valence-corrected chi connectivity index (χ3v) is 4.65. The van der Waals surface area contributed by atoms with Crippen molar-refractivity contribution in [2.45, 2.75) is 19.5 Å². The van der Waals surface area contributed by atoms with E-state index >= 15 is 0 Å². The van der Waals surface area contributed by atoms with Crippen LogP contribution >= 0.6 is 11.6 Å². The molecule has 6 N–H and O–H groups in total. The lowest BCUT2D eigenvalue weighted by Crippen LogP contribution is -2.59. The summed E-state index contributed by atoms with van der Waals surface area (Å²) in [5, 5.41) is 2.57. The number of likely N-dealkylation sites (N-methyl/N-ethyl adjacent to an activating group) is 1. The molecule has 1 amide bonds. The molecule has 0 radical (unpaired) electrons. The highest BCUT2D eigenvalue weighted by molar-refractivity contribution is 7.88. The van der Waals surface area contributed by atoms with E-state index in [2.05, 4.69) is 20.0 Å². The number of nitrogens with zero attached hydrogens (tertiary/aromatic N) is 3. The Labute approximate surface area is 152 Å². The van der Waals surface area contributed by atoms with Crippen molar-refractivity contribution in [2.75, 3.05) is 44.9 Å². The minimum absolute atomic E-state index is 0.0499. The topological polar surface area (TPSA) is 153 Å². The highest BCUT2D eigenvalue weighted by atomic mass is 35.5. The van der Waals surface area contributed by atoms with Gasteiger partial charge in [0.25, 0.3) is 5.91 Å². The van der Waals surface area contributed by atoms with Gasteiger partial charge in [-0.15, -0.1) is 0 Å². The van der Waals surface area contributed by atoms with Crippen LogP contribution in [0.25, 0.3) is 0 Å². The highest BCUT2D eigenvalue weighted by Gasteiger charge is 2.29. The van der Waals surface area contributed by atoms with Gasteiger partial charge >= 0.3 is 0 Å². The Balaban J connectivity index is 2.72. The lowest BCUT2D eigenvalue weighted by atomic mass is 10.3. The van der Waals surface area contributed by atoms with Gasteiger partial charge in [-0.2, -0.15) is 4.72 Å². The van der Waals surface area contributed by atoms with Gasteiger partial charge in [0.05, 0.1) is 33.4 Å². The number of hydrogen-bond donors (Lipinski definition) is 4. The fraction of sp³-hybridized carbons (Fsp3) is 0.615. The van der Waals surface area contributed by atoms with Crippen LogP contribution in [-0.2, 0) is 10.0 Å². The average molecular weight is 395 g/mol. The molecule has 142 valence electrons. The molecule has 0 saturated carbocycles. The van der Waals surface area contributed by atoms with Gasteiger partial charge in [0.2, 0.25) is 10.0 Å². The summed E-state index contributed by atoms with van der Waals surface area (Å²) in [6, 6.07) is 0. The Morgan fingerprint density at radius 3 is 2.40 bits per heavy atom. The van der Waals surface area contributed by atoms with Gasteiger partial charge in [0, 0.05) is 6.42 Å². The molecule has 1 heterocycles. The first kappa shape index (κ1) is 21.4. The van der Waals surface area contributed by atoms with Crippen molar-refractivity contribution in [3.8, 4) is 0 Å². The number of quaternary nitrogens is 1. The van der Waals surface area contributed by atoms with Crippen molar-refractivity contribution < 1.29 is 17.7 Å². The number of anilines is 2. The average Bonchev–Trinajstić information content (AvgIpc) is 2.47. The normalized spacial score (nSPS) is 13.5. The van der Waals surface area contributed by atoms with E-state index in [0.29, 0.717) is 17.4 Å². The van der Waals surface area contributed by atoms with Gasteiger partial charge in [0.15, 0.2) is 28.6 Å². The molecule has 1 aromatic heterocycles. The van der Waals surface area contributed by atoms with Gasteiger partial charge in [-0.1, -0.05) is 18.5 Å². The van der Waals surface area contributed by atoms with Crippen molar-refractivity contribution in [3.63, 3.8) is 0 Å². The third-order valence-electron chi connectivity index (χ3n) is 3.67. The largest absolute Gasteiger partial charge is 0.382 e. The smallest absolute Gasteiger partial charge is 0.273 e. The Morgan fingerprint density at radius 2 is 1.88 bits per heavy atom. The van der Waals surface area contributed by atoms with Crippen molar-refractivity contribution in [1.29, 1.82) is 0 Å². The fourth-order valence-corrected chi connectivity index (χ4v) is 3.35. The maximum Gasteiger partial charge on any atom is 0.273 e. The van der Waals surface area contributed by atoms with Crippen LogP contribution in [0.5, 0.6) is 0 Å². The maximum atomic E-state index is 12.2. The number of amides is 1. The van der Waals surface area contributed by atoms with E-state index in [0.717, 1.165) is 6.26 Å². The van der Waals surface area contributed by atoms with Crippen LogP contribution in [0.4, 0.5) is 11.6 Å². The summed E-state index contributed by atoms with van der Waals surface area (Å²) >= 11 is 5.76. The van der Waals surface area contributed by atoms with Crippen LogP contribution in [0.15, 0.2) is 0 Å². The number of halogens is 1. The molecule has 0 aliphatic rings. The van der Waals surface area contributed by atoms with Crippen LogP contribution in [0.2, 0.25) is 5.15 Å². The molecular weight excluding hydrogens is 370 g/mol. The molecule has 1 atom stereocenters. The van der Waals surface area contributed by atoms with Gasteiger partial charge in [-0.05, 0) is 0 Å². The molecule has 1 aromatic rings. The minimum atomic E-state index is -3.33. The van der Waals surface area contributed by atoms with Crippen LogP contribution in [0, 0.1) is 0 Å². The first-order valence-electron chi connectivity index (χ1n) is 7.54. The van der Waals surface area contributed by atoms with Crippen molar-refractivity contribution in [1.82, 2.24) is 20.0 Å². The van der Waals surface area contributed by atoms with E-state index in [1.54, 1.807) is 0 Å². The molecule has 12 heteroatoms. The molecule has 0 aromatic carbocycles. The van der Waals surface area contributed by atoms with Crippen molar-refractivity contribution >= 4 is 39.2 Å². The summed E-state index contributed by atoms with van der Waals surface area (Å²) in [5.41, 5.74) is 11.0. The van der Waals surface area contributed by atoms with E-state index in [1.807, 2.05) is 21.0 Å². The second-order valence-electron chi connectivity index (χ2n) is 6.21. The Bertz CT molecular complexity index is 739. The standard InChI is InChI=1S/C13H24ClN7O3S/c1-5-8(20-25(4,23)24)21(2,3)7-6-17-13(22)9-11(15)19-12(16)10(14)18-9/h8,20H,5-7H2,1-4H3,(H4-,15,16,17,19,22)/p+1. The second kappa shape index (κ2) is 8.13. The lowest BCUT2D eigenvalue weighted by molar-refractivity contribution is -0.915. The quantitative estimate of drug-likeness (QED) is 0.338. The molecule has 0 aliphatic heterocycles. The molecule has 0 spiro atoms. The first-order chi connectivity index (χ1) is 11.4. The molecule has 0 saturated heterocycles. The molecule has 0 fully saturated rings. The Morgan fingerprint density at radius 1 is 1.28 bits per heavy atom. The summed E-state index contributed by atoms with van der Waals surface area (Å²) in [7, 11) is 0.404. The van der Waals surface area contributed by atoms with Crippen molar-refractivity contribution in [3.05, 3.63) is 10.8 Å². The van der Waals surface area contributed by atoms with E-state index in [4.69, 9.17) is 23.1 Å². The molecule has 0 aliphatic carbocycles. The number of sulfonamides is 1. The number of nitrogens with one attached hydrogen (secondary N) is 2. The lowest BCUT2D eigenvalue weighted by Gasteiger charge is -2.37. The SMILES string of the molecule is CCC(NS(C)(=O)=O)[N+](C)(C)CCNC(=O)c1nc(Cl)c(N)nc1N. The van der Waals surface area contributed by atoms with E-state index in [1.165, 1.54) is 0 Å². The monoisotopic (exact) mass is 394 g/mol. The van der Waals surface area contributed by atoms with Gasteiger partial charge < -0.3 is 21.3 Å². The second-order valence-corrected chi connectivity index (χ2v) is 8.34. The van der Waals surface area contributed by atoms with Crippen LogP contribution < -0.4 is 21.5 Å². The van der Waals surface area contributed by atoms with Gasteiger partial charge in [-0.3, -0.25) is 4.79 Å². The van der Waals surface area contributed by atoms with Gasteiger partial charge in [0.1, 0.15) is 0 Å². The van der Waals surface area contributed by atoms with E-state index in [-0.39, 0.29) is 35.2 Å². The van der Waals surface area contributed by atoms with Crippen LogP contribution in [0.1, 0.15) is 23.8 Å². The zero-order chi connectivity index (χ0) is 19.4. The van der Waals surface area contributed by atoms with E-state index < -0.39 is 15.9 Å². The predicted octanol–water partition coefficient (Wildman–Crippen LogP) is -0.614. The number of nitrogens with two attached hydrogens (primary N) is 2. The number of aromatic nitrogens is 2. The maximum absolute atomic E-state index is 12.2. The molecule has 0 bridgehead atoms. The number of hydrogen-bond acceptors (Lipinski definition) is 7. The summed E-state index contributed by atoms with van der Waals surface area (Å²) in [6.45, 7) is 2.63.